The lowest BCUT2D eigenvalue weighted by molar-refractivity contribution is -0.143. The van der Waals surface area contributed by atoms with Crippen molar-refractivity contribution in [3.63, 3.8) is 0 Å². The van der Waals surface area contributed by atoms with Crippen LogP contribution < -0.4 is 5.32 Å². The molecule has 20 heavy (non-hydrogen) atoms. The molecule has 0 radical (unpaired) electrons. The minimum absolute atomic E-state index is 0.0654. The Morgan fingerprint density at radius 3 is 2.85 bits per heavy atom. The highest BCUT2D eigenvalue weighted by Gasteiger charge is 2.27. The highest BCUT2D eigenvalue weighted by atomic mass is 16.4. The summed E-state index contributed by atoms with van der Waals surface area (Å²) in [5.74, 6) is -0.904. The van der Waals surface area contributed by atoms with Crippen molar-refractivity contribution >= 4 is 11.9 Å². The van der Waals surface area contributed by atoms with Crippen molar-refractivity contribution in [2.75, 3.05) is 13.6 Å². The van der Waals surface area contributed by atoms with Crippen LogP contribution in [0.4, 0.5) is 0 Å². The zero-order valence-corrected chi connectivity index (χ0v) is 12.1. The maximum absolute atomic E-state index is 12.1. The first kappa shape index (κ1) is 15.0. The molecule has 0 saturated heterocycles. The number of hydrogen-bond donors (Lipinski definition) is 2. The van der Waals surface area contributed by atoms with Gasteiger partial charge in [0.05, 0.1) is 12.5 Å². The van der Waals surface area contributed by atoms with Crippen molar-refractivity contribution in [3.8, 4) is 0 Å². The number of carbonyl (C=O) groups excluding carboxylic acids is 1. The van der Waals surface area contributed by atoms with Gasteiger partial charge in [-0.3, -0.25) is 9.59 Å². The van der Waals surface area contributed by atoms with E-state index < -0.39 is 5.97 Å². The molecule has 1 saturated carbocycles. The lowest BCUT2D eigenvalue weighted by Gasteiger charge is -2.28. The number of amides is 1. The van der Waals surface area contributed by atoms with Crippen LogP contribution in [0, 0.1) is 5.92 Å². The summed E-state index contributed by atoms with van der Waals surface area (Å²) >= 11 is 0. The van der Waals surface area contributed by atoms with Gasteiger partial charge in [0, 0.05) is 18.8 Å². The molecule has 2 aliphatic rings. The van der Waals surface area contributed by atoms with Crippen molar-refractivity contribution in [2.45, 2.75) is 51.0 Å². The topological polar surface area (TPSA) is 69.6 Å². The Bertz CT molecular complexity index is 406. The summed E-state index contributed by atoms with van der Waals surface area (Å²) in [5.41, 5.74) is 1.11. The Balaban J connectivity index is 1.76. The predicted octanol–water partition coefficient (Wildman–Crippen LogP) is 1.75. The first-order valence-corrected chi connectivity index (χ1v) is 7.49. The van der Waals surface area contributed by atoms with E-state index in [2.05, 4.69) is 11.4 Å². The first-order chi connectivity index (χ1) is 9.58. The van der Waals surface area contributed by atoms with Gasteiger partial charge in [-0.2, -0.15) is 0 Å². The predicted molar refractivity (Wildman–Crippen MR) is 76.1 cm³/mol. The van der Waals surface area contributed by atoms with E-state index in [-0.39, 0.29) is 17.9 Å². The highest BCUT2D eigenvalue weighted by molar-refractivity contribution is 5.79. The molecular formula is C15H24N2O3. The van der Waals surface area contributed by atoms with Crippen LogP contribution in [0.5, 0.6) is 0 Å². The third-order valence-electron chi connectivity index (χ3n) is 4.39. The van der Waals surface area contributed by atoms with Gasteiger partial charge >= 0.3 is 5.97 Å². The lowest BCUT2D eigenvalue weighted by atomic mass is 9.86. The van der Waals surface area contributed by atoms with E-state index in [4.69, 9.17) is 5.11 Å². The number of aliphatic carboxylic acids is 1. The number of hydrogen-bond acceptors (Lipinski definition) is 3. The fourth-order valence-corrected chi connectivity index (χ4v) is 3.07. The fourth-order valence-electron chi connectivity index (χ4n) is 3.07. The average Bonchev–Trinajstić information content (AvgIpc) is 2.98. The molecule has 1 fully saturated rings. The van der Waals surface area contributed by atoms with Crippen molar-refractivity contribution in [1.82, 2.24) is 10.2 Å². The molecule has 2 N–H and O–H groups in total. The molecule has 2 atom stereocenters. The molecule has 2 rings (SSSR count). The molecular weight excluding hydrogens is 256 g/mol. The average molecular weight is 280 g/mol. The molecule has 0 heterocycles. The van der Waals surface area contributed by atoms with Crippen LogP contribution in [0.25, 0.3) is 0 Å². The number of carbonyl (C=O) groups is 2. The van der Waals surface area contributed by atoms with Crippen LogP contribution in [0.15, 0.2) is 11.8 Å². The van der Waals surface area contributed by atoms with Crippen molar-refractivity contribution in [3.05, 3.63) is 11.8 Å². The third kappa shape index (κ3) is 3.82. The number of likely N-dealkylation sites (N-methyl/N-ethyl adjacent to an activating group) is 1. The lowest BCUT2D eigenvalue weighted by Crippen LogP contribution is -2.42. The van der Waals surface area contributed by atoms with Gasteiger partial charge in [0.25, 0.3) is 0 Å². The largest absolute Gasteiger partial charge is 0.481 e. The summed E-state index contributed by atoms with van der Waals surface area (Å²) in [6.07, 6.45) is 8.56. The van der Waals surface area contributed by atoms with E-state index in [0.717, 1.165) is 44.2 Å². The Kier molecular flexibility index (Phi) is 5.17. The number of rotatable bonds is 5. The first-order valence-electron chi connectivity index (χ1n) is 7.49. The van der Waals surface area contributed by atoms with Gasteiger partial charge < -0.3 is 15.3 Å². The number of nitrogens with one attached hydrogen (secondary N) is 1. The molecule has 0 aliphatic heterocycles. The smallest absolute Gasteiger partial charge is 0.306 e. The van der Waals surface area contributed by atoms with Gasteiger partial charge in [0.2, 0.25) is 5.91 Å². The van der Waals surface area contributed by atoms with E-state index >= 15 is 0 Å². The standard InChI is InChI=1S/C15H24N2O3/c1-17(13-7-2-3-8-13)14(18)10-16-12-6-4-5-11(9-12)15(19)20/h7,11-12,16H,2-6,8-10H2,1H3,(H,19,20). The number of carboxylic acid groups (broad SMARTS) is 1. The zero-order chi connectivity index (χ0) is 14.5. The molecule has 5 heteroatoms. The summed E-state index contributed by atoms with van der Waals surface area (Å²) < 4.78 is 0. The monoisotopic (exact) mass is 280 g/mol. The minimum atomic E-state index is -0.712. The van der Waals surface area contributed by atoms with Crippen LogP contribution in [-0.2, 0) is 9.59 Å². The maximum atomic E-state index is 12.1. The van der Waals surface area contributed by atoms with Crippen LogP contribution in [0.2, 0.25) is 0 Å². The third-order valence-corrected chi connectivity index (χ3v) is 4.39. The van der Waals surface area contributed by atoms with Gasteiger partial charge in [-0.15, -0.1) is 0 Å². The number of allylic oxidation sites excluding steroid dienone is 2. The Labute approximate surface area is 120 Å². The quantitative estimate of drug-likeness (QED) is 0.805. The number of carboxylic acids is 1. The number of nitrogens with zero attached hydrogens (tertiary/aromatic N) is 1. The second kappa shape index (κ2) is 6.88. The van der Waals surface area contributed by atoms with Crippen LogP contribution >= 0.6 is 0 Å². The molecule has 0 aromatic carbocycles. The van der Waals surface area contributed by atoms with E-state index in [0.29, 0.717) is 13.0 Å². The van der Waals surface area contributed by atoms with Gasteiger partial charge in [0.1, 0.15) is 0 Å². The Morgan fingerprint density at radius 1 is 1.40 bits per heavy atom. The fraction of sp³-hybridized carbons (Fsp3) is 0.733. The molecule has 5 nitrogen and oxygen atoms in total. The van der Waals surface area contributed by atoms with Gasteiger partial charge in [0.15, 0.2) is 0 Å². The molecule has 2 unspecified atom stereocenters. The summed E-state index contributed by atoms with van der Waals surface area (Å²) in [7, 11) is 1.82. The Hall–Kier alpha value is -1.36. The van der Waals surface area contributed by atoms with Crippen LogP contribution in [0.1, 0.15) is 44.9 Å². The summed E-state index contributed by atoms with van der Waals surface area (Å²) in [6, 6.07) is 0.153. The van der Waals surface area contributed by atoms with E-state index in [1.165, 1.54) is 0 Å². The summed E-state index contributed by atoms with van der Waals surface area (Å²) in [4.78, 5) is 24.8. The molecule has 0 bridgehead atoms. The van der Waals surface area contributed by atoms with Crippen molar-refractivity contribution < 1.29 is 14.7 Å². The van der Waals surface area contributed by atoms with Crippen molar-refractivity contribution in [1.29, 1.82) is 0 Å². The highest BCUT2D eigenvalue weighted by Crippen LogP contribution is 2.24. The molecule has 112 valence electrons. The second-order valence-electron chi connectivity index (χ2n) is 5.82. The van der Waals surface area contributed by atoms with Crippen LogP contribution in [-0.4, -0.2) is 41.5 Å². The minimum Gasteiger partial charge on any atom is -0.481 e. The molecule has 0 spiro atoms. The Morgan fingerprint density at radius 2 is 2.20 bits per heavy atom. The second-order valence-corrected chi connectivity index (χ2v) is 5.82. The van der Waals surface area contributed by atoms with E-state index in [9.17, 15) is 9.59 Å². The summed E-state index contributed by atoms with van der Waals surface area (Å²) in [5, 5.41) is 12.3. The van der Waals surface area contributed by atoms with Crippen LogP contribution in [0.3, 0.4) is 0 Å². The SMILES string of the molecule is CN(C(=O)CNC1CCCC(C(=O)O)C1)C1=CCCC1. The molecule has 1 amide bonds. The molecule has 0 aromatic heterocycles. The van der Waals surface area contributed by atoms with E-state index in [1.54, 1.807) is 4.90 Å². The van der Waals surface area contributed by atoms with Gasteiger partial charge in [-0.05, 0) is 38.5 Å². The van der Waals surface area contributed by atoms with Crippen molar-refractivity contribution in [2.24, 2.45) is 5.92 Å². The van der Waals surface area contributed by atoms with E-state index in [1.807, 2.05) is 7.05 Å². The normalized spacial score (nSPS) is 26.1. The maximum Gasteiger partial charge on any atom is 0.306 e. The zero-order valence-electron chi connectivity index (χ0n) is 12.1. The van der Waals surface area contributed by atoms with Gasteiger partial charge in [-0.1, -0.05) is 12.5 Å². The molecule has 2 aliphatic carbocycles. The molecule has 0 aromatic rings. The summed E-state index contributed by atoms with van der Waals surface area (Å²) in [6.45, 7) is 0.296. The van der Waals surface area contributed by atoms with Gasteiger partial charge in [-0.25, -0.2) is 0 Å².